The molecular formula is C36H42N2O10. The van der Waals surface area contributed by atoms with Crippen LogP contribution in [0.25, 0.3) is 22.2 Å². The predicted octanol–water partition coefficient (Wildman–Crippen LogP) is 5.08. The summed E-state index contributed by atoms with van der Waals surface area (Å²) in [6.45, 7) is 6.86. The third-order valence-corrected chi connectivity index (χ3v) is 8.37. The fourth-order valence-electron chi connectivity index (χ4n) is 5.91. The van der Waals surface area contributed by atoms with Crippen molar-refractivity contribution in [1.82, 2.24) is 9.47 Å². The van der Waals surface area contributed by atoms with Crippen LogP contribution in [0.2, 0.25) is 0 Å². The molecule has 0 atom stereocenters. The van der Waals surface area contributed by atoms with Crippen molar-refractivity contribution in [3.63, 3.8) is 0 Å². The predicted molar refractivity (Wildman–Crippen MR) is 178 cm³/mol. The van der Waals surface area contributed by atoms with Crippen molar-refractivity contribution in [2.75, 3.05) is 26.2 Å². The number of carboxylic acids is 3. The normalized spacial score (nSPS) is 13.7. The summed E-state index contributed by atoms with van der Waals surface area (Å²) < 4.78 is 8.33. The molecular weight excluding hydrogens is 620 g/mol. The summed E-state index contributed by atoms with van der Waals surface area (Å²) in [5.74, 6) is -3.61. The van der Waals surface area contributed by atoms with E-state index in [-0.39, 0.29) is 11.5 Å². The fraction of sp³-hybridized carbons (Fsp3) is 0.361. The molecule has 1 saturated heterocycles. The molecule has 0 spiro atoms. The number of hydrogen-bond donors (Lipinski definition) is 6. The number of nitrogens with zero attached hydrogens (tertiary/aromatic N) is 2. The monoisotopic (exact) mass is 662 g/mol. The van der Waals surface area contributed by atoms with E-state index >= 15 is 0 Å². The second-order valence-corrected chi connectivity index (χ2v) is 12.0. The highest BCUT2D eigenvalue weighted by Crippen LogP contribution is 2.36. The zero-order chi connectivity index (χ0) is 34.8. The van der Waals surface area contributed by atoms with Gasteiger partial charge < -0.3 is 39.9 Å². The van der Waals surface area contributed by atoms with Crippen molar-refractivity contribution in [1.29, 1.82) is 0 Å². The maximum absolute atomic E-state index is 10.3. The molecule has 2 heterocycles. The lowest BCUT2D eigenvalue weighted by atomic mass is 9.96. The largest absolute Gasteiger partial charge is 0.508 e. The number of benzene rings is 3. The van der Waals surface area contributed by atoms with Crippen LogP contribution in [-0.4, -0.2) is 89.9 Å². The molecule has 1 aliphatic heterocycles. The number of aryl methyl sites for hydroxylation is 1. The third-order valence-electron chi connectivity index (χ3n) is 8.37. The Hall–Kier alpha value is -5.07. The Labute approximate surface area is 278 Å². The number of aliphatic carboxylic acids is 3. The van der Waals surface area contributed by atoms with Gasteiger partial charge in [0.25, 0.3) is 0 Å². The lowest BCUT2D eigenvalue weighted by Gasteiger charge is -2.19. The SMILES string of the molecule is Cc1c(-c2ccc(O)cc2)n(Cc2ccc(OCCN3CCCCCC3)cc2)c2ccc(O)cc12.O=C(O)CC(O)(CC(=O)O)C(=O)O. The van der Waals surface area contributed by atoms with Crippen LogP contribution in [0.3, 0.4) is 0 Å². The number of likely N-dealkylation sites (tertiary alicyclic amines) is 1. The third kappa shape index (κ3) is 9.49. The van der Waals surface area contributed by atoms with Crippen LogP contribution >= 0.6 is 0 Å². The molecule has 0 unspecified atom stereocenters. The molecule has 1 fully saturated rings. The minimum absolute atomic E-state index is 0.248. The summed E-state index contributed by atoms with van der Waals surface area (Å²) in [5, 5.41) is 54.7. The molecule has 48 heavy (non-hydrogen) atoms. The van der Waals surface area contributed by atoms with Gasteiger partial charge in [-0.1, -0.05) is 25.0 Å². The Bertz CT molecular complexity index is 1690. The van der Waals surface area contributed by atoms with Crippen LogP contribution in [-0.2, 0) is 20.9 Å². The Morgan fingerprint density at radius 1 is 0.792 bits per heavy atom. The zero-order valence-electron chi connectivity index (χ0n) is 26.8. The Balaban J connectivity index is 0.000000341. The number of hydrogen-bond acceptors (Lipinski definition) is 8. The zero-order valence-corrected chi connectivity index (χ0v) is 26.8. The maximum Gasteiger partial charge on any atom is 0.336 e. The van der Waals surface area contributed by atoms with E-state index in [2.05, 4.69) is 40.7 Å². The first-order valence-electron chi connectivity index (χ1n) is 15.8. The van der Waals surface area contributed by atoms with E-state index in [0.717, 1.165) is 46.6 Å². The van der Waals surface area contributed by atoms with E-state index in [1.165, 1.54) is 44.3 Å². The molecule has 0 radical (unpaired) electrons. The highest BCUT2D eigenvalue weighted by molar-refractivity contribution is 5.92. The van der Waals surface area contributed by atoms with Gasteiger partial charge in [0.15, 0.2) is 5.60 Å². The maximum atomic E-state index is 10.3. The number of rotatable bonds is 12. The Kier molecular flexibility index (Phi) is 12.0. The first-order valence-corrected chi connectivity index (χ1v) is 15.8. The molecule has 0 amide bonds. The van der Waals surface area contributed by atoms with E-state index in [0.29, 0.717) is 6.54 Å². The van der Waals surface area contributed by atoms with Crippen LogP contribution in [0.1, 0.15) is 49.7 Å². The minimum atomic E-state index is -2.74. The van der Waals surface area contributed by atoms with Gasteiger partial charge in [-0.25, -0.2) is 4.79 Å². The average molecular weight is 663 g/mol. The van der Waals surface area contributed by atoms with E-state index < -0.39 is 36.4 Å². The number of aromatic hydroxyl groups is 2. The van der Waals surface area contributed by atoms with Gasteiger partial charge in [0.2, 0.25) is 0 Å². The highest BCUT2D eigenvalue weighted by atomic mass is 16.5. The second-order valence-electron chi connectivity index (χ2n) is 12.0. The molecule has 1 aliphatic rings. The molecule has 3 aromatic carbocycles. The number of fused-ring (bicyclic) bond motifs is 1. The summed E-state index contributed by atoms with van der Waals surface area (Å²) in [4.78, 5) is 33.0. The van der Waals surface area contributed by atoms with Gasteiger partial charge in [-0.15, -0.1) is 0 Å². The first kappa shape index (κ1) is 35.8. The number of carboxylic acid groups (broad SMARTS) is 3. The number of phenolic OH excluding ortho intramolecular Hbond substituents is 2. The van der Waals surface area contributed by atoms with Gasteiger partial charge in [0, 0.05) is 24.0 Å². The molecule has 0 bridgehead atoms. The average Bonchev–Trinajstić information content (AvgIpc) is 3.16. The molecule has 12 nitrogen and oxygen atoms in total. The number of aliphatic hydroxyl groups is 1. The first-order chi connectivity index (χ1) is 22.9. The number of aromatic nitrogens is 1. The molecule has 4 aromatic rings. The van der Waals surface area contributed by atoms with Crippen molar-refractivity contribution >= 4 is 28.8 Å². The fourth-order valence-corrected chi connectivity index (χ4v) is 5.91. The summed E-state index contributed by atoms with van der Waals surface area (Å²) in [7, 11) is 0. The Morgan fingerprint density at radius 2 is 1.38 bits per heavy atom. The van der Waals surface area contributed by atoms with Crippen molar-refractivity contribution in [3.05, 3.63) is 77.9 Å². The van der Waals surface area contributed by atoms with Crippen molar-refractivity contribution in [2.45, 2.75) is 57.6 Å². The summed E-state index contributed by atoms with van der Waals surface area (Å²) >= 11 is 0. The van der Waals surface area contributed by atoms with Gasteiger partial charge in [-0.05, 0) is 104 Å². The van der Waals surface area contributed by atoms with Crippen LogP contribution < -0.4 is 4.74 Å². The molecule has 0 aliphatic carbocycles. The lowest BCUT2D eigenvalue weighted by molar-refractivity contribution is -0.170. The second kappa shape index (κ2) is 16.2. The summed E-state index contributed by atoms with van der Waals surface area (Å²) in [6.07, 6.45) is 3.01. The highest BCUT2D eigenvalue weighted by Gasteiger charge is 2.40. The Morgan fingerprint density at radius 3 is 1.94 bits per heavy atom. The van der Waals surface area contributed by atoms with Gasteiger partial charge in [-0.2, -0.15) is 0 Å². The number of ether oxygens (including phenoxy) is 1. The van der Waals surface area contributed by atoms with Crippen LogP contribution in [0.15, 0.2) is 66.7 Å². The van der Waals surface area contributed by atoms with E-state index in [1.807, 2.05) is 24.3 Å². The lowest BCUT2D eigenvalue weighted by Crippen LogP contribution is -2.42. The molecule has 1 aromatic heterocycles. The molecule has 12 heteroatoms. The van der Waals surface area contributed by atoms with Gasteiger partial charge >= 0.3 is 17.9 Å². The quantitative estimate of drug-likeness (QED) is 0.119. The van der Waals surface area contributed by atoms with E-state index in [1.54, 1.807) is 18.2 Å². The van der Waals surface area contributed by atoms with E-state index in [9.17, 15) is 24.6 Å². The van der Waals surface area contributed by atoms with Crippen molar-refractivity contribution in [2.24, 2.45) is 0 Å². The van der Waals surface area contributed by atoms with Gasteiger partial charge in [-0.3, -0.25) is 14.5 Å². The van der Waals surface area contributed by atoms with Crippen LogP contribution in [0.5, 0.6) is 17.2 Å². The summed E-state index contributed by atoms with van der Waals surface area (Å²) in [5.41, 5.74) is 2.73. The number of phenols is 2. The molecule has 256 valence electrons. The number of carbonyl (C=O) groups is 3. The minimum Gasteiger partial charge on any atom is -0.508 e. The summed E-state index contributed by atoms with van der Waals surface area (Å²) in [6, 6.07) is 21.2. The van der Waals surface area contributed by atoms with Gasteiger partial charge in [0.1, 0.15) is 23.9 Å². The van der Waals surface area contributed by atoms with E-state index in [4.69, 9.17) is 25.2 Å². The standard InChI is InChI=1S/C30H34N2O3.C6H8O7/c1-22-28-20-26(34)12-15-29(28)32(30(22)24-8-10-25(33)11-9-24)21-23-6-13-27(14-7-23)35-19-18-31-16-4-2-3-5-17-31;7-3(8)1-6(13,5(11)12)2-4(9)10/h6-15,20,33-34H,2-5,16-19,21H2,1H3;13H,1-2H2,(H,7,8)(H,9,10)(H,11,12). The van der Waals surface area contributed by atoms with Gasteiger partial charge in [0.05, 0.1) is 18.5 Å². The smallest absolute Gasteiger partial charge is 0.336 e. The molecule has 0 saturated carbocycles. The van der Waals surface area contributed by atoms with Crippen molar-refractivity contribution in [3.8, 4) is 28.5 Å². The topological polar surface area (TPSA) is 190 Å². The molecule has 6 N–H and O–H groups in total. The molecule has 5 rings (SSSR count). The van der Waals surface area contributed by atoms with Crippen LogP contribution in [0.4, 0.5) is 0 Å². The van der Waals surface area contributed by atoms with Crippen molar-refractivity contribution < 1.29 is 49.8 Å². The van der Waals surface area contributed by atoms with Crippen LogP contribution in [0, 0.1) is 6.92 Å².